The highest BCUT2D eigenvalue weighted by atomic mass is 28.4. The van der Waals surface area contributed by atoms with Crippen molar-refractivity contribution in [3.8, 4) is 0 Å². The van der Waals surface area contributed by atoms with Gasteiger partial charge in [-0.15, -0.1) is 5.10 Å². The maximum atomic E-state index is 14.6. The molecule has 0 saturated carbocycles. The number of aromatic nitrogens is 3. The van der Waals surface area contributed by atoms with Gasteiger partial charge in [0, 0.05) is 61.6 Å². The largest absolute Gasteiger partial charge is 0.432 e. The van der Waals surface area contributed by atoms with Crippen molar-refractivity contribution in [3.63, 3.8) is 0 Å². The van der Waals surface area contributed by atoms with Crippen molar-refractivity contribution in [2.75, 3.05) is 36.0 Å². The third-order valence-electron chi connectivity index (χ3n) is 9.14. The Hall–Kier alpha value is -3.42. The molecule has 2 fully saturated rings. The molecule has 3 aliphatic rings. The summed E-state index contributed by atoms with van der Waals surface area (Å²) in [4.78, 5) is 42.3. The number of para-hydroxylation sites is 1. The van der Waals surface area contributed by atoms with E-state index in [1.807, 2.05) is 74.7 Å². The van der Waals surface area contributed by atoms with E-state index in [0.29, 0.717) is 44.7 Å². The third kappa shape index (κ3) is 5.31. The van der Waals surface area contributed by atoms with Crippen molar-refractivity contribution in [3.05, 3.63) is 71.5 Å². The van der Waals surface area contributed by atoms with Gasteiger partial charge in [-0.3, -0.25) is 14.3 Å². The number of aliphatic hydroxyl groups is 1. The van der Waals surface area contributed by atoms with Gasteiger partial charge in [-0.2, -0.15) is 0 Å². The summed E-state index contributed by atoms with van der Waals surface area (Å²) < 4.78 is 8.64. The van der Waals surface area contributed by atoms with E-state index in [1.54, 1.807) is 14.5 Å². The van der Waals surface area contributed by atoms with Gasteiger partial charge in [0.25, 0.3) is 5.91 Å². The van der Waals surface area contributed by atoms with Crippen molar-refractivity contribution >= 4 is 31.5 Å². The van der Waals surface area contributed by atoms with Gasteiger partial charge in [-0.05, 0) is 43.3 Å². The van der Waals surface area contributed by atoms with Gasteiger partial charge in [-0.25, -0.2) is 0 Å². The van der Waals surface area contributed by atoms with Crippen LogP contribution >= 0.6 is 0 Å². The number of nitrogens with one attached hydrogen (secondary N) is 1. The van der Waals surface area contributed by atoms with Crippen LogP contribution in [0.3, 0.4) is 0 Å². The van der Waals surface area contributed by atoms with E-state index in [0.717, 1.165) is 29.0 Å². The lowest BCUT2D eigenvalue weighted by Crippen LogP contribution is -2.48. The quantitative estimate of drug-likeness (QED) is 0.317. The maximum Gasteiger partial charge on any atom is 0.264 e. The molecule has 4 heterocycles. The summed E-state index contributed by atoms with van der Waals surface area (Å²) >= 11 is 0. The van der Waals surface area contributed by atoms with Crippen molar-refractivity contribution in [1.29, 1.82) is 0 Å². The van der Waals surface area contributed by atoms with E-state index in [9.17, 15) is 19.5 Å². The number of nitrogens with zero attached hydrogens (tertiary/aromatic N) is 5. The number of anilines is 2. The van der Waals surface area contributed by atoms with Gasteiger partial charge in [-0.1, -0.05) is 42.5 Å². The number of hydrogen-bond acceptors (Lipinski definition) is 8. The van der Waals surface area contributed by atoms with Gasteiger partial charge in [0.1, 0.15) is 0 Å². The Morgan fingerprint density at radius 1 is 1.16 bits per heavy atom. The van der Waals surface area contributed by atoms with Gasteiger partial charge in [0.05, 0.1) is 30.6 Å². The maximum absolute atomic E-state index is 14.6. The minimum Gasteiger partial charge on any atom is -0.432 e. The Bertz CT molecular complexity index is 1510. The molecular formula is C31H40N6O5Si. The first kappa shape index (κ1) is 29.6. The van der Waals surface area contributed by atoms with Crippen molar-refractivity contribution in [2.45, 2.75) is 63.2 Å². The first-order valence-electron chi connectivity index (χ1n) is 15.0. The molecule has 3 aromatic rings. The zero-order valence-corrected chi connectivity index (χ0v) is 25.9. The summed E-state index contributed by atoms with van der Waals surface area (Å²) in [6.45, 7) is 8.39. The standard InChI is InChI=1S/C31H40N6O5Si/c1-21-29(43(2,3)41)27(11-14-35-20-23(12-16-38)33-34-35)42-31(21)25-9-4-5-10-26(25)37(30(31)40)19-22-7-6-8-24(17-22)36-15-13-32-18-28(36)39/h4-10,17,20-21,27,29,32,38,41H,11-16,18-19H2,1-3H3/t21-,27+,29-,31+/m1/s1. The number of carbonyl (C=O) groups excluding carboxylic acids is 2. The molecule has 0 unspecified atom stereocenters. The Balaban J connectivity index is 1.30. The zero-order valence-electron chi connectivity index (χ0n) is 24.9. The molecule has 2 saturated heterocycles. The summed E-state index contributed by atoms with van der Waals surface area (Å²) in [5, 5.41) is 20.7. The molecule has 4 atom stereocenters. The van der Waals surface area contributed by atoms with Gasteiger partial charge in [0.15, 0.2) is 13.9 Å². The number of carbonyl (C=O) groups is 2. The van der Waals surface area contributed by atoms with Crippen LogP contribution in [0.1, 0.15) is 30.2 Å². The number of amides is 2. The van der Waals surface area contributed by atoms with Crippen LogP contribution in [0.4, 0.5) is 11.4 Å². The molecule has 1 spiro atoms. The van der Waals surface area contributed by atoms with E-state index in [4.69, 9.17) is 4.74 Å². The number of piperazine rings is 1. The fourth-order valence-electron chi connectivity index (χ4n) is 7.28. The molecule has 6 rings (SSSR count). The SMILES string of the molecule is C[C@@H]1[C@@H]([Si](C)(C)O)[C@H](CCn2cc(CCO)nn2)O[C@@]12C(=O)N(Cc1cccc(N3CCNCC3=O)c1)c1ccccc12. The number of rotatable bonds is 9. The molecule has 3 N–H and O–H groups in total. The number of fused-ring (bicyclic) bond motifs is 2. The number of hydrogen-bond donors (Lipinski definition) is 3. The van der Waals surface area contributed by atoms with Crippen molar-refractivity contribution in [1.82, 2.24) is 20.3 Å². The van der Waals surface area contributed by atoms with Gasteiger partial charge >= 0.3 is 0 Å². The van der Waals surface area contributed by atoms with Gasteiger partial charge in [0.2, 0.25) is 5.91 Å². The first-order valence-corrected chi connectivity index (χ1v) is 18.1. The predicted molar refractivity (Wildman–Crippen MR) is 164 cm³/mol. The van der Waals surface area contributed by atoms with Gasteiger partial charge < -0.3 is 29.8 Å². The highest BCUT2D eigenvalue weighted by Crippen LogP contribution is 2.59. The zero-order chi connectivity index (χ0) is 30.4. The van der Waals surface area contributed by atoms with Crippen molar-refractivity contribution in [2.24, 2.45) is 5.92 Å². The molecule has 1 aromatic heterocycles. The van der Waals surface area contributed by atoms with Crippen LogP contribution in [0.5, 0.6) is 0 Å². The molecule has 228 valence electrons. The van der Waals surface area contributed by atoms with Crippen LogP contribution in [0.25, 0.3) is 0 Å². The van der Waals surface area contributed by atoms with Crippen LogP contribution in [0.15, 0.2) is 54.7 Å². The van der Waals surface area contributed by atoms with E-state index in [1.165, 1.54) is 0 Å². The molecule has 0 radical (unpaired) electrons. The second-order valence-electron chi connectivity index (χ2n) is 12.4. The average Bonchev–Trinajstić information content (AvgIpc) is 3.63. The lowest BCUT2D eigenvalue weighted by atomic mass is 9.82. The second kappa shape index (κ2) is 11.6. The molecule has 2 amide bonds. The average molecular weight is 605 g/mol. The van der Waals surface area contributed by atoms with E-state index >= 15 is 0 Å². The molecule has 12 heteroatoms. The topological polar surface area (TPSA) is 133 Å². The monoisotopic (exact) mass is 604 g/mol. The smallest absolute Gasteiger partial charge is 0.264 e. The van der Waals surface area contributed by atoms with Crippen LogP contribution in [0.2, 0.25) is 18.6 Å². The predicted octanol–water partition coefficient (Wildman–Crippen LogP) is 2.18. The molecule has 11 nitrogen and oxygen atoms in total. The third-order valence-corrected chi connectivity index (χ3v) is 11.6. The highest BCUT2D eigenvalue weighted by Gasteiger charge is 2.66. The molecule has 2 aromatic carbocycles. The lowest BCUT2D eigenvalue weighted by Gasteiger charge is -2.32. The lowest BCUT2D eigenvalue weighted by molar-refractivity contribution is -0.146. The van der Waals surface area contributed by atoms with Crippen LogP contribution in [-0.4, -0.2) is 77.4 Å². The summed E-state index contributed by atoms with van der Waals surface area (Å²) in [7, 11) is -2.79. The number of ether oxygens (including phenoxy) is 1. The second-order valence-corrected chi connectivity index (χ2v) is 16.4. The Labute approximate surface area is 252 Å². The van der Waals surface area contributed by atoms with E-state index in [2.05, 4.69) is 15.6 Å². The highest BCUT2D eigenvalue weighted by molar-refractivity contribution is 6.71. The van der Waals surface area contributed by atoms with Crippen LogP contribution in [0, 0.1) is 5.92 Å². The number of aryl methyl sites for hydroxylation is 1. The van der Waals surface area contributed by atoms with Crippen LogP contribution < -0.4 is 15.1 Å². The fourth-order valence-corrected chi connectivity index (χ4v) is 9.88. The minimum atomic E-state index is -2.79. The van der Waals surface area contributed by atoms with E-state index in [-0.39, 0.29) is 36.0 Å². The minimum absolute atomic E-state index is 0.00696. The summed E-state index contributed by atoms with van der Waals surface area (Å²) in [5.41, 5.74) is 2.70. The molecule has 43 heavy (non-hydrogen) atoms. The molecule has 3 aliphatic heterocycles. The molecular weight excluding hydrogens is 564 g/mol. The first-order chi connectivity index (χ1) is 20.6. The molecule has 0 aliphatic carbocycles. The normalized spacial score (nSPS) is 25.7. The Morgan fingerprint density at radius 2 is 1.98 bits per heavy atom. The Kier molecular flexibility index (Phi) is 7.98. The number of aliphatic hydroxyl groups excluding tert-OH is 1. The van der Waals surface area contributed by atoms with Crippen molar-refractivity contribution < 1.29 is 24.2 Å². The summed E-state index contributed by atoms with van der Waals surface area (Å²) in [6.07, 6.45) is 2.47. The van der Waals surface area contributed by atoms with E-state index < -0.39 is 13.9 Å². The number of benzene rings is 2. The Morgan fingerprint density at radius 3 is 2.74 bits per heavy atom. The summed E-state index contributed by atoms with van der Waals surface area (Å²) in [5.74, 6) is -0.351. The molecule has 0 bridgehead atoms. The summed E-state index contributed by atoms with van der Waals surface area (Å²) in [6, 6.07) is 15.6. The van der Waals surface area contributed by atoms with Crippen LogP contribution in [-0.2, 0) is 39.4 Å². The fraction of sp³-hybridized carbons (Fsp3) is 0.484.